The van der Waals surface area contributed by atoms with Crippen LogP contribution < -0.4 is 5.32 Å². The number of hydrogen-bond donors (Lipinski definition) is 1. The average Bonchev–Trinajstić information content (AvgIpc) is 2.48. The number of hydrogen-bond acceptors (Lipinski definition) is 3. The summed E-state index contributed by atoms with van der Waals surface area (Å²) in [4.78, 5) is 22.2. The van der Waals surface area contributed by atoms with E-state index in [1.165, 1.54) is 23.8 Å². The second-order valence-electron chi connectivity index (χ2n) is 4.31. The molecule has 0 aliphatic carbocycles. The number of benzene rings is 2. The van der Waals surface area contributed by atoms with E-state index in [4.69, 9.17) is 0 Å². The lowest BCUT2D eigenvalue weighted by Crippen LogP contribution is -2.12. The first-order chi connectivity index (χ1) is 9.60. The summed E-state index contributed by atoms with van der Waals surface area (Å²) in [6.45, 7) is 2.05. The highest BCUT2D eigenvalue weighted by atomic mass is 16.6. The third-order valence-electron chi connectivity index (χ3n) is 2.94. The minimum Gasteiger partial charge on any atom is -0.322 e. The lowest BCUT2D eigenvalue weighted by atomic mass is 10.1. The molecule has 0 bridgehead atoms. The van der Waals surface area contributed by atoms with Crippen molar-refractivity contribution in [1.29, 1.82) is 0 Å². The van der Waals surface area contributed by atoms with E-state index in [1.807, 2.05) is 24.3 Å². The van der Waals surface area contributed by atoms with Crippen LogP contribution in [0.4, 0.5) is 11.4 Å². The lowest BCUT2D eigenvalue weighted by Gasteiger charge is -2.06. The average molecular weight is 270 g/mol. The van der Waals surface area contributed by atoms with Crippen molar-refractivity contribution in [2.24, 2.45) is 0 Å². The molecule has 0 saturated heterocycles. The molecule has 2 aromatic rings. The number of carbonyl (C=O) groups is 1. The minimum absolute atomic E-state index is 0.0982. The molecule has 0 aliphatic heterocycles. The van der Waals surface area contributed by atoms with Gasteiger partial charge < -0.3 is 5.32 Å². The van der Waals surface area contributed by atoms with Crippen molar-refractivity contribution in [3.63, 3.8) is 0 Å². The second-order valence-corrected chi connectivity index (χ2v) is 4.31. The van der Waals surface area contributed by atoms with Crippen LogP contribution in [0.1, 0.15) is 22.8 Å². The summed E-state index contributed by atoms with van der Waals surface area (Å²) >= 11 is 0. The fourth-order valence-electron chi connectivity index (χ4n) is 1.79. The second kappa shape index (κ2) is 5.97. The van der Waals surface area contributed by atoms with Gasteiger partial charge >= 0.3 is 0 Å². The zero-order valence-corrected chi connectivity index (χ0v) is 11.0. The van der Waals surface area contributed by atoms with Crippen LogP contribution in [0.15, 0.2) is 48.5 Å². The smallest absolute Gasteiger partial charge is 0.270 e. The molecule has 0 saturated carbocycles. The number of nitro benzene ring substituents is 1. The van der Waals surface area contributed by atoms with Gasteiger partial charge in [0, 0.05) is 23.4 Å². The van der Waals surface area contributed by atoms with Crippen LogP contribution in [0.3, 0.4) is 0 Å². The molecular weight excluding hydrogens is 256 g/mol. The summed E-state index contributed by atoms with van der Waals surface area (Å²) in [5, 5.41) is 13.4. The molecule has 0 spiro atoms. The summed E-state index contributed by atoms with van der Waals surface area (Å²) < 4.78 is 0. The van der Waals surface area contributed by atoms with Crippen molar-refractivity contribution < 1.29 is 9.72 Å². The predicted octanol–water partition coefficient (Wildman–Crippen LogP) is 3.41. The van der Waals surface area contributed by atoms with Crippen LogP contribution in [-0.2, 0) is 6.42 Å². The number of amides is 1. The van der Waals surface area contributed by atoms with Gasteiger partial charge in [0.25, 0.3) is 11.6 Å². The first kappa shape index (κ1) is 13.7. The molecule has 0 heterocycles. The predicted molar refractivity (Wildman–Crippen MR) is 76.9 cm³/mol. The molecule has 5 nitrogen and oxygen atoms in total. The van der Waals surface area contributed by atoms with E-state index in [1.54, 1.807) is 6.07 Å². The van der Waals surface area contributed by atoms with Crippen LogP contribution in [0.2, 0.25) is 0 Å². The quantitative estimate of drug-likeness (QED) is 0.683. The maximum absolute atomic E-state index is 12.0. The molecule has 0 radical (unpaired) electrons. The zero-order valence-electron chi connectivity index (χ0n) is 11.0. The SMILES string of the molecule is CCc1ccc(NC(=O)c2cccc([N+](=O)[O-])c2)cc1. The Balaban J connectivity index is 2.14. The first-order valence-electron chi connectivity index (χ1n) is 6.25. The Kier molecular flexibility index (Phi) is 4.10. The molecule has 102 valence electrons. The molecule has 2 rings (SSSR count). The summed E-state index contributed by atoms with van der Waals surface area (Å²) in [5.41, 5.74) is 2.01. The van der Waals surface area contributed by atoms with Crippen molar-refractivity contribution in [2.75, 3.05) is 5.32 Å². The Labute approximate surface area is 116 Å². The Hall–Kier alpha value is -2.69. The van der Waals surface area contributed by atoms with E-state index in [2.05, 4.69) is 12.2 Å². The van der Waals surface area contributed by atoms with Crippen molar-refractivity contribution in [3.8, 4) is 0 Å². The highest BCUT2D eigenvalue weighted by molar-refractivity contribution is 6.04. The highest BCUT2D eigenvalue weighted by Gasteiger charge is 2.11. The number of carbonyl (C=O) groups excluding carboxylic acids is 1. The van der Waals surface area contributed by atoms with Crippen LogP contribution >= 0.6 is 0 Å². The number of aryl methyl sites for hydroxylation is 1. The molecule has 2 aromatic carbocycles. The van der Waals surface area contributed by atoms with Gasteiger partial charge in [-0.2, -0.15) is 0 Å². The molecular formula is C15H14N2O3. The fraction of sp³-hybridized carbons (Fsp3) is 0.133. The maximum atomic E-state index is 12.0. The summed E-state index contributed by atoms with van der Waals surface area (Å²) in [6.07, 6.45) is 0.930. The Morgan fingerprint density at radius 1 is 1.20 bits per heavy atom. The van der Waals surface area contributed by atoms with E-state index in [-0.39, 0.29) is 17.2 Å². The van der Waals surface area contributed by atoms with E-state index in [0.29, 0.717) is 5.69 Å². The molecule has 1 N–H and O–H groups in total. The monoisotopic (exact) mass is 270 g/mol. The van der Waals surface area contributed by atoms with E-state index >= 15 is 0 Å². The molecule has 0 fully saturated rings. The van der Waals surface area contributed by atoms with E-state index < -0.39 is 4.92 Å². The third kappa shape index (κ3) is 3.20. The molecule has 0 unspecified atom stereocenters. The van der Waals surface area contributed by atoms with E-state index in [9.17, 15) is 14.9 Å². The van der Waals surface area contributed by atoms with Crippen LogP contribution in [0.5, 0.6) is 0 Å². The molecule has 1 amide bonds. The van der Waals surface area contributed by atoms with Crippen LogP contribution in [0.25, 0.3) is 0 Å². The van der Waals surface area contributed by atoms with Crippen LogP contribution in [0, 0.1) is 10.1 Å². The van der Waals surface area contributed by atoms with Gasteiger partial charge in [-0.15, -0.1) is 0 Å². The maximum Gasteiger partial charge on any atom is 0.270 e. The Morgan fingerprint density at radius 2 is 1.90 bits per heavy atom. The Morgan fingerprint density at radius 3 is 2.50 bits per heavy atom. The van der Waals surface area contributed by atoms with Crippen molar-refractivity contribution >= 4 is 17.3 Å². The summed E-state index contributed by atoms with van der Waals surface area (Å²) in [7, 11) is 0. The Bertz CT molecular complexity index is 636. The third-order valence-corrected chi connectivity index (χ3v) is 2.94. The van der Waals surface area contributed by atoms with Gasteiger partial charge in [0.2, 0.25) is 0 Å². The molecule has 0 aromatic heterocycles. The number of nitrogens with zero attached hydrogens (tertiary/aromatic N) is 1. The van der Waals surface area contributed by atoms with Gasteiger partial charge in [0.05, 0.1) is 4.92 Å². The van der Waals surface area contributed by atoms with Crippen LogP contribution in [-0.4, -0.2) is 10.8 Å². The van der Waals surface area contributed by atoms with E-state index in [0.717, 1.165) is 6.42 Å². The number of rotatable bonds is 4. The standard InChI is InChI=1S/C15H14N2O3/c1-2-11-6-8-13(9-7-11)16-15(18)12-4-3-5-14(10-12)17(19)20/h3-10H,2H2,1H3,(H,16,18). The van der Waals surface area contributed by atoms with Crippen molar-refractivity contribution in [1.82, 2.24) is 0 Å². The zero-order chi connectivity index (χ0) is 14.5. The highest BCUT2D eigenvalue weighted by Crippen LogP contribution is 2.15. The van der Waals surface area contributed by atoms with Gasteiger partial charge in [0.1, 0.15) is 0 Å². The minimum atomic E-state index is -0.521. The number of anilines is 1. The van der Waals surface area contributed by atoms with Crippen molar-refractivity contribution in [3.05, 3.63) is 69.8 Å². The number of nitro groups is 1. The summed E-state index contributed by atoms with van der Waals surface area (Å²) in [6, 6.07) is 13.1. The van der Waals surface area contributed by atoms with Gasteiger partial charge in [-0.1, -0.05) is 25.1 Å². The fourth-order valence-corrected chi connectivity index (χ4v) is 1.79. The van der Waals surface area contributed by atoms with Crippen molar-refractivity contribution in [2.45, 2.75) is 13.3 Å². The van der Waals surface area contributed by atoms with Gasteiger partial charge in [0.15, 0.2) is 0 Å². The summed E-state index contributed by atoms with van der Waals surface area (Å²) in [5.74, 6) is -0.363. The molecule has 20 heavy (non-hydrogen) atoms. The molecule has 5 heteroatoms. The first-order valence-corrected chi connectivity index (χ1v) is 6.25. The number of non-ortho nitro benzene ring substituents is 1. The lowest BCUT2D eigenvalue weighted by molar-refractivity contribution is -0.384. The molecule has 0 aliphatic rings. The van der Waals surface area contributed by atoms with Gasteiger partial charge in [-0.25, -0.2) is 0 Å². The van der Waals surface area contributed by atoms with Gasteiger partial charge in [-0.3, -0.25) is 14.9 Å². The number of nitrogens with one attached hydrogen (secondary N) is 1. The normalized spacial score (nSPS) is 10.1. The topological polar surface area (TPSA) is 72.2 Å². The largest absolute Gasteiger partial charge is 0.322 e. The molecule has 0 atom stereocenters. The van der Waals surface area contributed by atoms with Gasteiger partial charge in [-0.05, 0) is 30.2 Å².